The maximum absolute atomic E-state index is 13.2. The van der Waals surface area contributed by atoms with Crippen LogP contribution in [0.2, 0.25) is 0 Å². The van der Waals surface area contributed by atoms with Crippen molar-refractivity contribution >= 4 is 0 Å². The average molecular weight is 262 g/mol. The minimum absolute atomic E-state index is 0.123. The van der Waals surface area contributed by atoms with Crippen LogP contribution in [-0.2, 0) is 6.54 Å². The lowest BCUT2D eigenvalue weighted by Gasteiger charge is -2.38. The van der Waals surface area contributed by atoms with Crippen molar-refractivity contribution in [3.63, 3.8) is 0 Å². The molecule has 3 rings (SSSR count). The smallest absolute Gasteiger partial charge is 0.123 e. The lowest BCUT2D eigenvalue weighted by Crippen LogP contribution is -2.49. The van der Waals surface area contributed by atoms with E-state index >= 15 is 0 Å². The molecule has 0 aromatic heterocycles. The van der Waals surface area contributed by atoms with Crippen LogP contribution in [0.5, 0.6) is 0 Å². The van der Waals surface area contributed by atoms with E-state index in [9.17, 15) is 4.39 Å². The number of halogens is 1. The van der Waals surface area contributed by atoms with E-state index in [1.807, 2.05) is 6.07 Å². The number of nitrogens with zero attached hydrogens (tertiary/aromatic N) is 2. The number of benzene rings is 1. The van der Waals surface area contributed by atoms with Crippen LogP contribution in [-0.4, -0.2) is 42.0 Å². The number of hydrogen-bond donors (Lipinski definition) is 0. The Morgan fingerprint density at radius 2 is 1.79 bits per heavy atom. The summed E-state index contributed by atoms with van der Waals surface area (Å²) in [5.74, 6) is -0.123. The molecule has 0 spiro atoms. The van der Waals surface area contributed by atoms with Crippen molar-refractivity contribution < 1.29 is 4.39 Å². The van der Waals surface area contributed by atoms with Gasteiger partial charge >= 0.3 is 0 Å². The van der Waals surface area contributed by atoms with Gasteiger partial charge in [-0.2, -0.15) is 0 Å². The Kier molecular flexibility index (Phi) is 4.14. The third-order valence-electron chi connectivity index (χ3n) is 4.54. The van der Waals surface area contributed by atoms with Gasteiger partial charge in [-0.25, -0.2) is 4.39 Å². The van der Waals surface area contributed by atoms with E-state index in [1.165, 1.54) is 44.8 Å². The molecule has 0 unspecified atom stereocenters. The largest absolute Gasteiger partial charge is 0.298 e. The van der Waals surface area contributed by atoms with Crippen LogP contribution in [0, 0.1) is 5.82 Å². The van der Waals surface area contributed by atoms with Crippen molar-refractivity contribution in [1.82, 2.24) is 9.80 Å². The lowest BCUT2D eigenvalue weighted by atomic mass is 10.1. The molecule has 1 heterocycles. The second-order valence-electron chi connectivity index (χ2n) is 5.88. The van der Waals surface area contributed by atoms with E-state index in [1.54, 1.807) is 12.1 Å². The van der Waals surface area contributed by atoms with Crippen LogP contribution in [0.15, 0.2) is 24.3 Å². The van der Waals surface area contributed by atoms with Crippen molar-refractivity contribution in [3.8, 4) is 0 Å². The first kappa shape index (κ1) is 13.1. The van der Waals surface area contributed by atoms with Crippen molar-refractivity contribution in [1.29, 1.82) is 0 Å². The third-order valence-corrected chi connectivity index (χ3v) is 4.54. The van der Waals surface area contributed by atoms with Gasteiger partial charge in [-0.05, 0) is 30.5 Å². The molecular formula is C16H23FN2. The molecule has 0 radical (unpaired) electrons. The third kappa shape index (κ3) is 3.34. The lowest BCUT2D eigenvalue weighted by molar-refractivity contribution is 0.0936. The fraction of sp³-hybridized carbons (Fsp3) is 0.625. The topological polar surface area (TPSA) is 6.48 Å². The zero-order chi connectivity index (χ0) is 13.1. The van der Waals surface area contributed by atoms with E-state index in [0.717, 1.165) is 31.2 Å². The fourth-order valence-electron chi connectivity index (χ4n) is 3.45. The van der Waals surface area contributed by atoms with Gasteiger partial charge in [0.15, 0.2) is 0 Å². The molecule has 0 atom stereocenters. The second kappa shape index (κ2) is 6.02. The van der Waals surface area contributed by atoms with E-state index in [0.29, 0.717) is 0 Å². The van der Waals surface area contributed by atoms with Gasteiger partial charge in [-0.3, -0.25) is 9.80 Å². The highest BCUT2D eigenvalue weighted by molar-refractivity contribution is 5.16. The van der Waals surface area contributed by atoms with Gasteiger partial charge in [0.2, 0.25) is 0 Å². The molecule has 1 saturated heterocycles. The normalized spacial score (nSPS) is 23.0. The highest BCUT2D eigenvalue weighted by atomic mass is 19.1. The monoisotopic (exact) mass is 262 g/mol. The van der Waals surface area contributed by atoms with E-state index in [-0.39, 0.29) is 5.82 Å². The SMILES string of the molecule is Fc1cccc(CN2CCN(C3CCCC3)CC2)c1. The highest BCUT2D eigenvalue weighted by Crippen LogP contribution is 2.24. The van der Waals surface area contributed by atoms with Crippen LogP contribution in [0.4, 0.5) is 4.39 Å². The molecule has 0 N–H and O–H groups in total. The second-order valence-corrected chi connectivity index (χ2v) is 5.88. The van der Waals surface area contributed by atoms with E-state index in [4.69, 9.17) is 0 Å². The quantitative estimate of drug-likeness (QED) is 0.826. The Balaban J connectivity index is 1.50. The Hall–Kier alpha value is -0.930. The summed E-state index contributed by atoms with van der Waals surface area (Å²) in [5, 5.41) is 0. The predicted octanol–water partition coefficient (Wildman–Crippen LogP) is 2.89. The molecule has 3 heteroatoms. The summed E-state index contributed by atoms with van der Waals surface area (Å²) in [7, 11) is 0. The Morgan fingerprint density at radius 1 is 1.05 bits per heavy atom. The summed E-state index contributed by atoms with van der Waals surface area (Å²) >= 11 is 0. The first-order valence-corrected chi connectivity index (χ1v) is 7.52. The van der Waals surface area contributed by atoms with E-state index < -0.39 is 0 Å². The summed E-state index contributed by atoms with van der Waals surface area (Å²) < 4.78 is 13.2. The minimum atomic E-state index is -0.123. The van der Waals surface area contributed by atoms with Crippen molar-refractivity contribution in [3.05, 3.63) is 35.6 Å². The van der Waals surface area contributed by atoms with Crippen LogP contribution >= 0.6 is 0 Å². The van der Waals surface area contributed by atoms with Crippen LogP contribution < -0.4 is 0 Å². The molecule has 1 saturated carbocycles. The highest BCUT2D eigenvalue weighted by Gasteiger charge is 2.25. The van der Waals surface area contributed by atoms with Gasteiger partial charge in [0, 0.05) is 38.8 Å². The summed E-state index contributed by atoms with van der Waals surface area (Å²) in [6.07, 6.45) is 5.61. The van der Waals surface area contributed by atoms with Gasteiger partial charge in [-0.1, -0.05) is 25.0 Å². The van der Waals surface area contributed by atoms with Gasteiger partial charge < -0.3 is 0 Å². The van der Waals surface area contributed by atoms with Crippen LogP contribution in [0.1, 0.15) is 31.2 Å². The number of piperazine rings is 1. The molecule has 1 aliphatic heterocycles. The maximum Gasteiger partial charge on any atom is 0.123 e. The molecule has 1 aromatic rings. The molecule has 104 valence electrons. The average Bonchev–Trinajstić information content (AvgIpc) is 2.94. The van der Waals surface area contributed by atoms with E-state index in [2.05, 4.69) is 9.80 Å². The minimum Gasteiger partial charge on any atom is -0.298 e. The fourth-order valence-corrected chi connectivity index (χ4v) is 3.45. The van der Waals surface area contributed by atoms with Crippen LogP contribution in [0.25, 0.3) is 0 Å². The predicted molar refractivity (Wildman–Crippen MR) is 75.5 cm³/mol. The standard InChI is InChI=1S/C16H23FN2/c17-15-5-3-4-14(12-15)13-18-8-10-19(11-9-18)16-6-1-2-7-16/h3-5,12,16H,1-2,6-11,13H2. The molecular weight excluding hydrogens is 239 g/mol. The summed E-state index contributed by atoms with van der Waals surface area (Å²) in [6.45, 7) is 5.48. The molecule has 2 aliphatic rings. The number of rotatable bonds is 3. The molecule has 0 bridgehead atoms. The van der Waals surface area contributed by atoms with Crippen molar-refractivity contribution in [2.75, 3.05) is 26.2 Å². The Morgan fingerprint density at radius 3 is 2.47 bits per heavy atom. The van der Waals surface area contributed by atoms with Gasteiger partial charge in [0.25, 0.3) is 0 Å². The molecule has 1 aliphatic carbocycles. The van der Waals surface area contributed by atoms with Crippen molar-refractivity contribution in [2.45, 2.75) is 38.3 Å². The zero-order valence-electron chi connectivity index (χ0n) is 11.5. The Labute approximate surface area is 115 Å². The van der Waals surface area contributed by atoms with Crippen LogP contribution in [0.3, 0.4) is 0 Å². The maximum atomic E-state index is 13.2. The molecule has 19 heavy (non-hydrogen) atoms. The van der Waals surface area contributed by atoms with Gasteiger partial charge in [0.1, 0.15) is 5.82 Å². The molecule has 1 aromatic carbocycles. The van der Waals surface area contributed by atoms with Crippen molar-refractivity contribution in [2.24, 2.45) is 0 Å². The first-order chi connectivity index (χ1) is 9.31. The molecule has 2 nitrogen and oxygen atoms in total. The molecule has 0 amide bonds. The van der Waals surface area contributed by atoms with Gasteiger partial charge in [0.05, 0.1) is 0 Å². The van der Waals surface area contributed by atoms with Gasteiger partial charge in [-0.15, -0.1) is 0 Å². The number of hydrogen-bond acceptors (Lipinski definition) is 2. The zero-order valence-corrected chi connectivity index (χ0v) is 11.5. The summed E-state index contributed by atoms with van der Waals surface area (Å²) in [4.78, 5) is 5.11. The molecule has 2 fully saturated rings. The summed E-state index contributed by atoms with van der Waals surface area (Å²) in [6, 6.07) is 7.84. The summed E-state index contributed by atoms with van der Waals surface area (Å²) in [5.41, 5.74) is 1.09. The Bertz CT molecular complexity index is 407. The first-order valence-electron chi connectivity index (χ1n) is 7.52.